The minimum Gasteiger partial charge on any atom is -0.462 e. The van der Waals surface area contributed by atoms with Gasteiger partial charge in [0.1, 0.15) is 0 Å². The van der Waals surface area contributed by atoms with Crippen LogP contribution in [-0.2, 0) is 19.1 Å². The number of esters is 2. The SMILES string of the molecule is CCOC(=O)c1ccc(NC(=O)CCCCCCCC(=O)Nc2ccc(C(=O)OCC)cc2)cc1. The van der Waals surface area contributed by atoms with Gasteiger partial charge in [-0.25, -0.2) is 9.59 Å². The Morgan fingerprint density at radius 3 is 1.26 bits per heavy atom. The summed E-state index contributed by atoms with van der Waals surface area (Å²) in [6, 6.07) is 13.2. The van der Waals surface area contributed by atoms with Crippen molar-refractivity contribution in [1.29, 1.82) is 0 Å². The first-order valence-corrected chi connectivity index (χ1v) is 12.1. The van der Waals surface area contributed by atoms with Crippen molar-refractivity contribution in [2.45, 2.75) is 58.8 Å². The molecule has 0 aromatic heterocycles. The molecule has 0 heterocycles. The van der Waals surface area contributed by atoms with Crippen LogP contribution in [0.5, 0.6) is 0 Å². The number of carbonyl (C=O) groups is 4. The van der Waals surface area contributed by atoms with Crippen molar-refractivity contribution in [3.8, 4) is 0 Å². The van der Waals surface area contributed by atoms with Gasteiger partial charge in [-0.2, -0.15) is 0 Å². The first kappa shape index (κ1) is 27.6. The van der Waals surface area contributed by atoms with Crippen LogP contribution in [0.3, 0.4) is 0 Å². The Morgan fingerprint density at radius 1 is 0.571 bits per heavy atom. The summed E-state index contributed by atoms with van der Waals surface area (Å²) in [5.41, 5.74) is 2.19. The number of rotatable bonds is 14. The predicted molar refractivity (Wildman–Crippen MR) is 134 cm³/mol. The van der Waals surface area contributed by atoms with Gasteiger partial charge < -0.3 is 20.1 Å². The van der Waals surface area contributed by atoms with Gasteiger partial charge in [0.15, 0.2) is 0 Å². The molecule has 0 radical (unpaired) electrons. The number of amides is 2. The molecule has 188 valence electrons. The third-order valence-electron chi connectivity index (χ3n) is 5.17. The van der Waals surface area contributed by atoms with Gasteiger partial charge in [-0.15, -0.1) is 0 Å². The zero-order valence-electron chi connectivity index (χ0n) is 20.4. The van der Waals surface area contributed by atoms with Crippen molar-refractivity contribution < 1.29 is 28.7 Å². The molecule has 0 atom stereocenters. The fourth-order valence-corrected chi connectivity index (χ4v) is 3.36. The van der Waals surface area contributed by atoms with E-state index in [1.165, 1.54) is 0 Å². The average Bonchev–Trinajstić information content (AvgIpc) is 2.84. The third kappa shape index (κ3) is 10.4. The maximum absolute atomic E-state index is 12.1. The van der Waals surface area contributed by atoms with Crippen molar-refractivity contribution in [3.05, 3.63) is 59.7 Å². The van der Waals surface area contributed by atoms with Gasteiger partial charge >= 0.3 is 11.9 Å². The van der Waals surface area contributed by atoms with E-state index in [0.717, 1.165) is 32.1 Å². The van der Waals surface area contributed by atoms with E-state index < -0.39 is 0 Å². The summed E-state index contributed by atoms with van der Waals surface area (Å²) in [6.07, 6.45) is 5.14. The van der Waals surface area contributed by atoms with Crippen LogP contribution < -0.4 is 10.6 Å². The average molecular weight is 483 g/mol. The minimum atomic E-state index is -0.382. The van der Waals surface area contributed by atoms with E-state index in [2.05, 4.69) is 10.6 Å². The summed E-state index contributed by atoms with van der Waals surface area (Å²) < 4.78 is 9.87. The van der Waals surface area contributed by atoms with Gasteiger partial charge in [-0.3, -0.25) is 9.59 Å². The zero-order chi connectivity index (χ0) is 25.5. The predicted octanol–water partition coefficient (Wildman–Crippen LogP) is 5.35. The lowest BCUT2D eigenvalue weighted by Gasteiger charge is -2.07. The van der Waals surface area contributed by atoms with Crippen molar-refractivity contribution in [3.63, 3.8) is 0 Å². The number of benzene rings is 2. The Kier molecular flexibility index (Phi) is 12.0. The van der Waals surface area contributed by atoms with Crippen LogP contribution in [0, 0.1) is 0 Å². The van der Waals surface area contributed by atoms with Gasteiger partial charge in [0.25, 0.3) is 0 Å². The number of unbranched alkanes of at least 4 members (excludes halogenated alkanes) is 4. The number of hydrogen-bond acceptors (Lipinski definition) is 6. The van der Waals surface area contributed by atoms with E-state index in [-0.39, 0.29) is 23.8 Å². The van der Waals surface area contributed by atoms with E-state index in [1.54, 1.807) is 62.4 Å². The number of nitrogens with one attached hydrogen (secondary N) is 2. The Labute approximate surface area is 206 Å². The van der Waals surface area contributed by atoms with Crippen LogP contribution in [0.2, 0.25) is 0 Å². The lowest BCUT2D eigenvalue weighted by molar-refractivity contribution is -0.117. The minimum absolute atomic E-state index is 0.0674. The lowest BCUT2D eigenvalue weighted by atomic mass is 10.1. The first-order chi connectivity index (χ1) is 16.9. The highest BCUT2D eigenvalue weighted by Crippen LogP contribution is 2.14. The molecule has 35 heavy (non-hydrogen) atoms. The van der Waals surface area contributed by atoms with Crippen LogP contribution >= 0.6 is 0 Å². The van der Waals surface area contributed by atoms with Gasteiger partial charge in [0, 0.05) is 24.2 Å². The molecule has 2 N–H and O–H groups in total. The normalized spacial score (nSPS) is 10.3. The number of hydrogen-bond donors (Lipinski definition) is 2. The summed E-state index contributed by atoms with van der Waals surface area (Å²) in [4.78, 5) is 47.5. The topological polar surface area (TPSA) is 111 Å². The van der Waals surface area contributed by atoms with Crippen LogP contribution in [-0.4, -0.2) is 37.0 Å². The number of anilines is 2. The largest absolute Gasteiger partial charge is 0.462 e. The maximum atomic E-state index is 12.1. The highest BCUT2D eigenvalue weighted by Gasteiger charge is 2.09. The molecule has 2 amide bonds. The van der Waals surface area contributed by atoms with Crippen LogP contribution in [0.1, 0.15) is 79.5 Å². The highest BCUT2D eigenvalue weighted by atomic mass is 16.5. The summed E-state index contributed by atoms with van der Waals surface area (Å²) >= 11 is 0. The maximum Gasteiger partial charge on any atom is 0.338 e. The van der Waals surface area contributed by atoms with E-state index in [9.17, 15) is 19.2 Å². The molecule has 0 saturated carbocycles. The summed E-state index contributed by atoms with van der Waals surface area (Å²) in [6.45, 7) is 4.14. The monoisotopic (exact) mass is 482 g/mol. The van der Waals surface area contributed by atoms with Gasteiger partial charge in [-0.1, -0.05) is 19.3 Å². The second kappa shape index (κ2) is 15.3. The molecule has 0 unspecified atom stereocenters. The van der Waals surface area contributed by atoms with Crippen molar-refractivity contribution >= 4 is 35.1 Å². The molecular weight excluding hydrogens is 448 g/mol. The Bertz CT molecular complexity index is 891. The lowest BCUT2D eigenvalue weighted by Crippen LogP contribution is -2.12. The summed E-state index contributed by atoms with van der Waals surface area (Å²) in [5.74, 6) is -0.899. The van der Waals surface area contributed by atoms with Gasteiger partial charge in [0.05, 0.1) is 24.3 Å². The second-order valence-corrected chi connectivity index (χ2v) is 7.96. The van der Waals surface area contributed by atoms with Crippen molar-refractivity contribution in [2.75, 3.05) is 23.8 Å². The molecule has 0 aliphatic carbocycles. The Morgan fingerprint density at radius 2 is 0.914 bits per heavy atom. The number of carbonyl (C=O) groups excluding carboxylic acids is 4. The molecular formula is C27H34N2O6. The first-order valence-electron chi connectivity index (χ1n) is 12.1. The molecule has 0 saturated heterocycles. The molecule has 2 rings (SSSR count). The smallest absolute Gasteiger partial charge is 0.338 e. The van der Waals surface area contributed by atoms with E-state index >= 15 is 0 Å². The van der Waals surface area contributed by atoms with Crippen molar-refractivity contribution in [2.24, 2.45) is 0 Å². The van der Waals surface area contributed by atoms with E-state index in [1.807, 2.05) is 0 Å². The molecule has 8 nitrogen and oxygen atoms in total. The number of ether oxygens (including phenoxy) is 2. The zero-order valence-corrected chi connectivity index (χ0v) is 20.4. The fourth-order valence-electron chi connectivity index (χ4n) is 3.36. The van der Waals surface area contributed by atoms with E-state index in [4.69, 9.17) is 9.47 Å². The Hall–Kier alpha value is -3.68. The molecule has 0 spiro atoms. The van der Waals surface area contributed by atoms with Crippen LogP contribution in [0.25, 0.3) is 0 Å². The highest BCUT2D eigenvalue weighted by molar-refractivity contribution is 5.94. The molecule has 0 bridgehead atoms. The second-order valence-electron chi connectivity index (χ2n) is 7.96. The van der Waals surface area contributed by atoms with Gasteiger partial charge in [0.2, 0.25) is 11.8 Å². The van der Waals surface area contributed by atoms with E-state index in [0.29, 0.717) is 48.6 Å². The standard InChI is InChI=1S/C27H34N2O6/c1-3-34-26(32)20-12-16-22(17-13-20)28-24(30)10-8-6-5-7-9-11-25(31)29-23-18-14-21(15-19-23)27(33)35-4-2/h12-19H,3-11H2,1-2H3,(H,28,30)(H,29,31). The molecule has 0 aliphatic rings. The molecule has 2 aromatic carbocycles. The Balaban J connectivity index is 1.55. The van der Waals surface area contributed by atoms with Gasteiger partial charge in [-0.05, 0) is 75.2 Å². The van der Waals surface area contributed by atoms with Crippen molar-refractivity contribution in [1.82, 2.24) is 0 Å². The third-order valence-corrected chi connectivity index (χ3v) is 5.17. The van der Waals surface area contributed by atoms with Crippen LogP contribution in [0.15, 0.2) is 48.5 Å². The summed E-state index contributed by atoms with van der Waals surface area (Å²) in [5, 5.41) is 5.65. The molecule has 0 fully saturated rings. The summed E-state index contributed by atoms with van der Waals surface area (Å²) in [7, 11) is 0. The molecule has 0 aliphatic heterocycles. The fraction of sp³-hybridized carbons (Fsp3) is 0.407. The molecule has 8 heteroatoms. The molecule has 2 aromatic rings. The van der Waals surface area contributed by atoms with Crippen LogP contribution in [0.4, 0.5) is 11.4 Å². The quantitative estimate of drug-likeness (QED) is 0.277.